The second-order valence-electron chi connectivity index (χ2n) is 5.77. The molecule has 0 spiro atoms. The summed E-state index contributed by atoms with van der Waals surface area (Å²) in [5.41, 5.74) is 6.44. The monoisotopic (exact) mass is 302 g/mol. The second kappa shape index (κ2) is 8.16. The molecule has 2 heteroatoms. The summed E-state index contributed by atoms with van der Waals surface area (Å²) >= 11 is 0. The maximum absolute atomic E-state index is 9.08. The zero-order chi connectivity index (χ0) is 16.7. The van der Waals surface area contributed by atoms with Gasteiger partial charge in [-0.25, -0.2) is 0 Å². The van der Waals surface area contributed by atoms with Gasteiger partial charge in [0.15, 0.2) is 0 Å². The Labute approximate surface area is 139 Å². The summed E-state index contributed by atoms with van der Waals surface area (Å²) in [6.45, 7) is 4.17. The molecule has 23 heavy (non-hydrogen) atoms. The van der Waals surface area contributed by atoms with E-state index in [9.17, 15) is 0 Å². The van der Waals surface area contributed by atoms with E-state index in [1.807, 2.05) is 12.1 Å². The molecule has 116 valence electrons. The van der Waals surface area contributed by atoms with Gasteiger partial charge in [-0.15, -0.1) is 0 Å². The quantitative estimate of drug-likeness (QED) is 0.774. The maximum Gasteiger partial charge on any atom is 0.0994 e. The molecule has 0 amide bonds. The smallest absolute Gasteiger partial charge is 0.0994 e. The molecule has 0 aliphatic rings. The molecule has 0 aliphatic carbocycles. The van der Waals surface area contributed by atoms with Crippen LogP contribution in [0.4, 0.5) is 0 Å². The highest BCUT2D eigenvalue weighted by Crippen LogP contribution is 2.17. The topological polar surface area (TPSA) is 47.6 Å². The van der Waals surface area contributed by atoms with E-state index in [0.29, 0.717) is 0 Å². The van der Waals surface area contributed by atoms with Gasteiger partial charge in [0, 0.05) is 0 Å². The van der Waals surface area contributed by atoms with Gasteiger partial charge in [0.1, 0.15) is 0 Å². The Balaban J connectivity index is 2.00. The van der Waals surface area contributed by atoms with Gasteiger partial charge in [-0.05, 0) is 66.5 Å². The van der Waals surface area contributed by atoms with Gasteiger partial charge in [-0.2, -0.15) is 10.5 Å². The fourth-order valence-electron chi connectivity index (χ4n) is 2.90. The van der Waals surface area contributed by atoms with Gasteiger partial charge in [0.25, 0.3) is 0 Å². The van der Waals surface area contributed by atoms with Crippen LogP contribution in [0.1, 0.15) is 53.6 Å². The molecule has 2 nitrogen and oxygen atoms in total. The van der Waals surface area contributed by atoms with E-state index < -0.39 is 0 Å². The molecule has 0 aromatic heterocycles. The van der Waals surface area contributed by atoms with Crippen molar-refractivity contribution in [1.29, 1.82) is 10.5 Å². The fourth-order valence-corrected chi connectivity index (χ4v) is 2.90. The third kappa shape index (κ3) is 4.21. The molecule has 2 aromatic carbocycles. The average Bonchev–Trinajstić information content (AvgIpc) is 2.61. The van der Waals surface area contributed by atoms with Crippen molar-refractivity contribution in [1.82, 2.24) is 0 Å². The zero-order valence-corrected chi connectivity index (χ0v) is 13.9. The van der Waals surface area contributed by atoms with E-state index in [1.54, 1.807) is 0 Å². The van der Waals surface area contributed by atoms with Crippen LogP contribution in [0.5, 0.6) is 0 Å². The Hall–Kier alpha value is -2.58. The lowest BCUT2D eigenvalue weighted by atomic mass is 9.97. The predicted octanol–water partition coefficient (Wildman–Crippen LogP) is 4.73. The highest BCUT2D eigenvalue weighted by Gasteiger charge is 2.04. The van der Waals surface area contributed by atoms with Crippen LogP contribution in [0.3, 0.4) is 0 Å². The molecule has 0 heterocycles. The van der Waals surface area contributed by atoms with Gasteiger partial charge in [-0.3, -0.25) is 0 Å². The van der Waals surface area contributed by atoms with Crippen LogP contribution < -0.4 is 0 Å². The summed E-state index contributed by atoms with van der Waals surface area (Å²) < 4.78 is 0. The lowest BCUT2D eigenvalue weighted by Crippen LogP contribution is -1.96. The van der Waals surface area contributed by atoms with Gasteiger partial charge in [0.2, 0.25) is 0 Å². The Morgan fingerprint density at radius 3 is 1.52 bits per heavy atom. The van der Waals surface area contributed by atoms with Crippen molar-refractivity contribution in [2.45, 2.75) is 46.0 Å². The summed E-state index contributed by atoms with van der Waals surface area (Å²) in [7, 11) is 0. The predicted molar refractivity (Wildman–Crippen MR) is 93.1 cm³/mol. The lowest BCUT2D eigenvalue weighted by Gasteiger charge is -2.08. The summed E-state index contributed by atoms with van der Waals surface area (Å²) in [4.78, 5) is 0. The van der Waals surface area contributed by atoms with Crippen molar-refractivity contribution >= 4 is 0 Å². The number of nitriles is 2. The largest absolute Gasteiger partial charge is 0.192 e. The first-order valence-corrected chi connectivity index (χ1v) is 8.25. The first-order chi connectivity index (χ1) is 11.2. The number of hydrogen-bond acceptors (Lipinski definition) is 2. The van der Waals surface area contributed by atoms with Gasteiger partial charge < -0.3 is 0 Å². The van der Waals surface area contributed by atoms with Crippen molar-refractivity contribution in [3.63, 3.8) is 0 Å². The average molecular weight is 302 g/mol. The Morgan fingerprint density at radius 2 is 1.17 bits per heavy atom. The minimum Gasteiger partial charge on any atom is -0.192 e. The van der Waals surface area contributed by atoms with E-state index >= 15 is 0 Å². The zero-order valence-electron chi connectivity index (χ0n) is 13.9. The number of rotatable bonds is 6. The Morgan fingerprint density at radius 1 is 0.739 bits per heavy atom. The maximum atomic E-state index is 9.08. The standard InChI is InChI=1S/C21H22N2/c1-3-18-12-16(8-10-20(18)14-22)6-5-7-17-9-11-21(15-23)19(4-2)13-17/h8-13H,3-7H2,1-2H3. The summed E-state index contributed by atoms with van der Waals surface area (Å²) in [5, 5.41) is 18.2. The molecule has 0 saturated heterocycles. The van der Waals surface area contributed by atoms with E-state index in [0.717, 1.165) is 54.4 Å². The molecule has 0 N–H and O–H groups in total. The van der Waals surface area contributed by atoms with Gasteiger partial charge >= 0.3 is 0 Å². The van der Waals surface area contributed by atoms with E-state index in [1.165, 1.54) is 11.1 Å². The molecule has 0 fully saturated rings. The fraction of sp³-hybridized carbons (Fsp3) is 0.333. The summed E-state index contributed by atoms with van der Waals surface area (Å²) in [5.74, 6) is 0. The highest BCUT2D eigenvalue weighted by atomic mass is 14.2. The van der Waals surface area contributed by atoms with Crippen LogP contribution >= 0.6 is 0 Å². The van der Waals surface area contributed by atoms with Crippen molar-refractivity contribution < 1.29 is 0 Å². The molecule has 0 radical (unpaired) electrons. The van der Waals surface area contributed by atoms with Crippen LogP contribution in [0.15, 0.2) is 36.4 Å². The Kier molecular flexibility index (Phi) is 5.95. The van der Waals surface area contributed by atoms with E-state index in [2.05, 4.69) is 50.3 Å². The molecule has 2 aromatic rings. The molecular weight excluding hydrogens is 280 g/mol. The SMILES string of the molecule is CCc1cc(CCCc2ccc(C#N)c(CC)c2)ccc1C#N. The van der Waals surface area contributed by atoms with Crippen LogP contribution in [0.2, 0.25) is 0 Å². The number of benzene rings is 2. The minimum absolute atomic E-state index is 0.788. The third-order valence-electron chi connectivity index (χ3n) is 4.27. The molecule has 0 atom stereocenters. The van der Waals surface area contributed by atoms with E-state index in [-0.39, 0.29) is 0 Å². The molecular formula is C21H22N2. The molecule has 0 saturated carbocycles. The van der Waals surface area contributed by atoms with Crippen molar-refractivity contribution in [2.24, 2.45) is 0 Å². The Bertz CT molecular complexity index is 695. The lowest BCUT2D eigenvalue weighted by molar-refractivity contribution is 0.817. The summed E-state index contributed by atoms with van der Waals surface area (Å²) in [6, 6.07) is 16.8. The van der Waals surface area contributed by atoms with Crippen molar-refractivity contribution in [3.8, 4) is 12.1 Å². The van der Waals surface area contributed by atoms with Crippen LogP contribution in [0, 0.1) is 22.7 Å². The van der Waals surface area contributed by atoms with E-state index in [4.69, 9.17) is 10.5 Å². The van der Waals surface area contributed by atoms with Crippen molar-refractivity contribution in [2.75, 3.05) is 0 Å². The van der Waals surface area contributed by atoms with Crippen LogP contribution in [-0.2, 0) is 25.7 Å². The highest BCUT2D eigenvalue weighted by molar-refractivity contribution is 5.41. The number of hydrogen-bond donors (Lipinski definition) is 0. The number of nitrogens with zero attached hydrogens (tertiary/aromatic N) is 2. The molecule has 0 aliphatic heterocycles. The number of aryl methyl sites for hydroxylation is 4. The first kappa shape index (κ1) is 16.8. The molecule has 0 unspecified atom stereocenters. The van der Waals surface area contributed by atoms with Gasteiger partial charge in [0.05, 0.1) is 23.3 Å². The summed E-state index contributed by atoms with van der Waals surface area (Å²) in [6.07, 6.45) is 4.89. The van der Waals surface area contributed by atoms with Crippen LogP contribution in [-0.4, -0.2) is 0 Å². The van der Waals surface area contributed by atoms with Gasteiger partial charge in [-0.1, -0.05) is 38.1 Å². The second-order valence-corrected chi connectivity index (χ2v) is 5.77. The first-order valence-electron chi connectivity index (χ1n) is 8.25. The molecule has 0 bridgehead atoms. The van der Waals surface area contributed by atoms with Crippen molar-refractivity contribution in [3.05, 3.63) is 69.8 Å². The third-order valence-corrected chi connectivity index (χ3v) is 4.27. The minimum atomic E-state index is 0.788. The molecule has 2 rings (SSSR count). The normalized spacial score (nSPS) is 10.1. The van der Waals surface area contributed by atoms with Crippen LogP contribution in [0.25, 0.3) is 0 Å².